The van der Waals surface area contributed by atoms with Gasteiger partial charge in [0.05, 0.1) is 11.7 Å². The lowest BCUT2D eigenvalue weighted by Gasteiger charge is -2.18. The molecule has 1 atom stereocenters. The summed E-state index contributed by atoms with van der Waals surface area (Å²) < 4.78 is 0.972. The van der Waals surface area contributed by atoms with Crippen molar-refractivity contribution in [3.63, 3.8) is 0 Å². The molecule has 0 amide bonds. The van der Waals surface area contributed by atoms with Crippen LogP contribution in [0.5, 0.6) is 0 Å². The molecule has 1 aromatic carbocycles. The Balaban J connectivity index is 2.48. The average molecular weight is 312 g/mol. The molecule has 17 heavy (non-hydrogen) atoms. The van der Waals surface area contributed by atoms with Gasteiger partial charge in [0.2, 0.25) is 0 Å². The first-order valence-corrected chi connectivity index (χ1v) is 6.43. The van der Waals surface area contributed by atoms with Crippen molar-refractivity contribution in [1.29, 1.82) is 0 Å². The van der Waals surface area contributed by atoms with Crippen molar-refractivity contribution in [1.82, 2.24) is 10.3 Å². The number of hydrogen-bond acceptors (Lipinski definition) is 2. The standard InChI is InChI=1S/C13H12BrClN2/c1-16-12(9-5-2-3-7-11(9)15)13-10(14)6-4-8-17-13/h2-8,12,16H,1H3. The van der Waals surface area contributed by atoms with Crippen LogP contribution < -0.4 is 5.32 Å². The third kappa shape index (κ3) is 2.68. The third-order valence-electron chi connectivity index (χ3n) is 2.57. The lowest BCUT2D eigenvalue weighted by atomic mass is 10.0. The van der Waals surface area contributed by atoms with Crippen LogP contribution in [0.4, 0.5) is 0 Å². The van der Waals surface area contributed by atoms with Crippen LogP contribution in [-0.4, -0.2) is 12.0 Å². The number of aromatic nitrogens is 1. The molecule has 2 aromatic rings. The first kappa shape index (κ1) is 12.6. The molecular weight excluding hydrogens is 300 g/mol. The lowest BCUT2D eigenvalue weighted by Crippen LogP contribution is -2.19. The predicted molar refractivity (Wildman–Crippen MR) is 74.3 cm³/mol. The highest BCUT2D eigenvalue weighted by molar-refractivity contribution is 9.10. The Kier molecular flexibility index (Phi) is 4.15. The summed E-state index contributed by atoms with van der Waals surface area (Å²) in [6.45, 7) is 0. The van der Waals surface area contributed by atoms with E-state index in [1.807, 2.05) is 43.4 Å². The summed E-state index contributed by atoms with van der Waals surface area (Å²) in [5.41, 5.74) is 1.96. The zero-order chi connectivity index (χ0) is 12.3. The van der Waals surface area contributed by atoms with Crippen LogP contribution in [0, 0.1) is 0 Å². The maximum absolute atomic E-state index is 6.22. The van der Waals surface area contributed by atoms with Gasteiger partial charge in [-0.1, -0.05) is 29.8 Å². The molecule has 0 bridgehead atoms. The van der Waals surface area contributed by atoms with Gasteiger partial charge < -0.3 is 5.32 Å². The first-order chi connectivity index (χ1) is 8.24. The van der Waals surface area contributed by atoms with Gasteiger partial charge in [0.15, 0.2) is 0 Å². The normalized spacial score (nSPS) is 12.4. The number of nitrogens with one attached hydrogen (secondary N) is 1. The van der Waals surface area contributed by atoms with E-state index in [1.165, 1.54) is 0 Å². The number of nitrogens with zero attached hydrogens (tertiary/aromatic N) is 1. The summed E-state index contributed by atoms with van der Waals surface area (Å²) >= 11 is 9.73. The van der Waals surface area contributed by atoms with E-state index in [2.05, 4.69) is 26.2 Å². The van der Waals surface area contributed by atoms with E-state index >= 15 is 0 Å². The van der Waals surface area contributed by atoms with Crippen LogP contribution in [0.15, 0.2) is 47.1 Å². The van der Waals surface area contributed by atoms with Crippen molar-refractivity contribution < 1.29 is 0 Å². The van der Waals surface area contributed by atoms with Crippen LogP contribution in [0.25, 0.3) is 0 Å². The van der Waals surface area contributed by atoms with Gasteiger partial charge in [0.25, 0.3) is 0 Å². The Morgan fingerprint density at radius 2 is 2.00 bits per heavy atom. The van der Waals surface area contributed by atoms with E-state index in [0.717, 1.165) is 20.8 Å². The van der Waals surface area contributed by atoms with Crippen LogP contribution in [0.1, 0.15) is 17.3 Å². The summed E-state index contributed by atoms with van der Waals surface area (Å²) in [4.78, 5) is 4.40. The molecule has 0 fully saturated rings. The molecule has 2 rings (SSSR count). The van der Waals surface area contributed by atoms with E-state index in [0.29, 0.717) is 0 Å². The highest BCUT2D eigenvalue weighted by Gasteiger charge is 2.18. The second-order valence-corrected chi connectivity index (χ2v) is 4.88. The number of benzene rings is 1. The topological polar surface area (TPSA) is 24.9 Å². The molecule has 2 nitrogen and oxygen atoms in total. The molecule has 0 aliphatic rings. The van der Waals surface area contributed by atoms with Gasteiger partial charge in [-0.3, -0.25) is 4.98 Å². The number of hydrogen-bond donors (Lipinski definition) is 1. The number of pyridine rings is 1. The fraction of sp³-hybridized carbons (Fsp3) is 0.154. The molecule has 0 spiro atoms. The van der Waals surface area contributed by atoms with Gasteiger partial charge in [-0.25, -0.2) is 0 Å². The summed E-state index contributed by atoms with van der Waals surface area (Å²) in [6, 6.07) is 11.6. The van der Waals surface area contributed by atoms with E-state index in [4.69, 9.17) is 11.6 Å². The van der Waals surface area contributed by atoms with E-state index < -0.39 is 0 Å². The highest BCUT2D eigenvalue weighted by atomic mass is 79.9. The van der Waals surface area contributed by atoms with Gasteiger partial charge >= 0.3 is 0 Å². The van der Waals surface area contributed by atoms with Gasteiger partial charge in [-0.05, 0) is 46.7 Å². The molecule has 0 aliphatic carbocycles. The Bertz CT molecular complexity index is 471. The molecule has 1 N–H and O–H groups in total. The lowest BCUT2D eigenvalue weighted by molar-refractivity contribution is 0.668. The largest absolute Gasteiger partial charge is 0.308 e. The van der Waals surface area contributed by atoms with Crippen molar-refractivity contribution in [3.8, 4) is 0 Å². The molecule has 0 aliphatic heterocycles. The minimum Gasteiger partial charge on any atom is -0.308 e. The molecule has 1 aromatic heterocycles. The van der Waals surface area contributed by atoms with Crippen molar-refractivity contribution in [2.24, 2.45) is 0 Å². The van der Waals surface area contributed by atoms with Crippen molar-refractivity contribution in [2.45, 2.75) is 6.04 Å². The predicted octanol–water partition coefficient (Wildman–Crippen LogP) is 3.81. The molecule has 1 unspecified atom stereocenters. The molecule has 0 saturated carbocycles. The van der Waals surface area contributed by atoms with Crippen LogP contribution in [0.2, 0.25) is 5.02 Å². The van der Waals surface area contributed by atoms with Crippen molar-refractivity contribution in [3.05, 3.63) is 63.3 Å². The van der Waals surface area contributed by atoms with Gasteiger partial charge in [-0.2, -0.15) is 0 Å². The van der Waals surface area contributed by atoms with E-state index in [-0.39, 0.29) is 6.04 Å². The molecule has 0 saturated heterocycles. The summed E-state index contributed by atoms with van der Waals surface area (Å²) in [6.07, 6.45) is 1.78. The Hall–Kier alpha value is -0.900. The second-order valence-electron chi connectivity index (χ2n) is 3.61. The van der Waals surface area contributed by atoms with Crippen molar-refractivity contribution in [2.75, 3.05) is 7.05 Å². The van der Waals surface area contributed by atoms with Crippen molar-refractivity contribution >= 4 is 27.5 Å². The molecule has 88 valence electrons. The average Bonchev–Trinajstić information content (AvgIpc) is 2.34. The SMILES string of the molecule is CNC(c1ccccc1Cl)c1ncccc1Br. The zero-order valence-corrected chi connectivity index (χ0v) is 11.7. The molecule has 1 heterocycles. The molecule has 4 heteroatoms. The highest BCUT2D eigenvalue weighted by Crippen LogP contribution is 2.30. The quantitative estimate of drug-likeness (QED) is 0.932. The number of halogens is 2. The summed E-state index contributed by atoms with van der Waals surface area (Å²) in [5, 5.41) is 3.98. The van der Waals surface area contributed by atoms with Crippen LogP contribution >= 0.6 is 27.5 Å². The summed E-state index contributed by atoms with van der Waals surface area (Å²) in [5.74, 6) is 0. The molecule has 0 radical (unpaired) electrons. The maximum atomic E-state index is 6.22. The maximum Gasteiger partial charge on any atom is 0.0775 e. The first-order valence-electron chi connectivity index (χ1n) is 5.26. The Labute approximate surface area is 114 Å². The molecular formula is C13H12BrClN2. The smallest absolute Gasteiger partial charge is 0.0775 e. The minimum atomic E-state index is -0.0146. The zero-order valence-electron chi connectivity index (χ0n) is 9.32. The van der Waals surface area contributed by atoms with E-state index in [1.54, 1.807) is 6.20 Å². The fourth-order valence-corrected chi connectivity index (χ4v) is 2.49. The summed E-state index contributed by atoms with van der Waals surface area (Å²) in [7, 11) is 1.90. The van der Waals surface area contributed by atoms with E-state index in [9.17, 15) is 0 Å². The van der Waals surface area contributed by atoms with Gasteiger partial charge in [0.1, 0.15) is 0 Å². The fourth-order valence-electron chi connectivity index (χ4n) is 1.76. The third-order valence-corrected chi connectivity index (χ3v) is 3.58. The van der Waals surface area contributed by atoms with Gasteiger partial charge in [0, 0.05) is 15.7 Å². The van der Waals surface area contributed by atoms with Gasteiger partial charge in [-0.15, -0.1) is 0 Å². The van der Waals surface area contributed by atoms with Crippen LogP contribution in [0.3, 0.4) is 0 Å². The monoisotopic (exact) mass is 310 g/mol. The Morgan fingerprint density at radius 3 is 2.65 bits per heavy atom. The number of rotatable bonds is 3. The second kappa shape index (κ2) is 5.63. The van der Waals surface area contributed by atoms with Crippen LogP contribution in [-0.2, 0) is 0 Å². The minimum absolute atomic E-state index is 0.0146. The Morgan fingerprint density at radius 1 is 1.24 bits per heavy atom.